The number of benzene rings is 1. The molecule has 1 aromatic rings. The molecule has 12 heavy (non-hydrogen) atoms. The van der Waals surface area contributed by atoms with Crippen LogP contribution in [0.25, 0.3) is 0 Å². The molecule has 64 valence electrons. The van der Waals surface area contributed by atoms with Crippen LogP contribution in [0.2, 0.25) is 0 Å². The number of oxime groups is 1. The summed E-state index contributed by atoms with van der Waals surface area (Å²) in [5.74, 6) is 0. The third-order valence-electron chi connectivity index (χ3n) is 2.08. The van der Waals surface area contributed by atoms with Gasteiger partial charge in [-0.25, -0.2) is 0 Å². The number of hydrogen-bond donors (Lipinski definition) is 1. The normalized spacial score (nSPS) is 10.9. The molecule has 0 fully saturated rings. The minimum absolute atomic E-state index is 0.973. The van der Waals surface area contributed by atoms with Gasteiger partial charge in [-0.3, -0.25) is 0 Å². The molecule has 1 rings (SSSR count). The monoisotopic (exact) mass is 163 g/mol. The van der Waals surface area contributed by atoms with Crippen LogP contribution in [0.5, 0.6) is 0 Å². The minimum Gasteiger partial charge on any atom is -0.411 e. The van der Waals surface area contributed by atoms with E-state index in [0.29, 0.717) is 0 Å². The zero-order valence-electron chi connectivity index (χ0n) is 7.63. The second-order valence-corrected chi connectivity index (χ2v) is 3.04. The van der Waals surface area contributed by atoms with Crippen molar-refractivity contribution in [3.63, 3.8) is 0 Å². The van der Waals surface area contributed by atoms with Gasteiger partial charge < -0.3 is 5.21 Å². The highest BCUT2D eigenvalue weighted by molar-refractivity contribution is 5.81. The SMILES string of the molecule is Cc1cc(C)c(/C=N/O)cc1C. The molecule has 0 bridgehead atoms. The van der Waals surface area contributed by atoms with Crippen molar-refractivity contribution in [3.8, 4) is 0 Å². The molecule has 0 heterocycles. The fraction of sp³-hybridized carbons (Fsp3) is 0.300. The van der Waals surface area contributed by atoms with E-state index in [1.54, 1.807) is 0 Å². The van der Waals surface area contributed by atoms with Gasteiger partial charge in [-0.15, -0.1) is 0 Å². The second kappa shape index (κ2) is 3.39. The van der Waals surface area contributed by atoms with Gasteiger partial charge in [-0.05, 0) is 49.1 Å². The van der Waals surface area contributed by atoms with Crippen molar-refractivity contribution in [2.45, 2.75) is 20.8 Å². The highest BCUT2D eigenvalue weighted by Crippen LogP contribution is 2.13. The molecular formula is C10H13NO. The summed E-state index contributed by atoms with van der Waals surface area (Å²) in [6, 6.07) is 4.11. The van der Waals surface area contributed by atoms with Crippen LogP contribution in [0.3, 0.4) is 0 Å². The third-order valence-corrected chi connectivity index (χ3v) is 2.08. The lowest BCUT2D eigenvalue weighted by atomic mass is 10.0. The van der Waals surface area contributed by atoms with Gasteiger partial charge in [-0.2, -0.15) is 0 Å². The van der Waals surface area contributed by atoms with Crippen molar-refractivity contribution in [3.05, 3.63) is 34.4 Å². The molecule has 2 nitrogen and oxygen atoms in total. The Labute approximate surface area is 72.5 Å². The molecule has 0 amide bonds. The summed E-state index contributed by atoms with van der Waals surface area (Å²) >= 11 is 0. The van der Waals surface area contributed by atoms with Gasteiger partial charge in [0.15, 0.2) is 0 Å². The maximum atomic E-state index is 8.37. The largest absolute Gasteiger partial charge is 0.411 e. The van der Waals surface area contributed by atoms with Gasteiger partial charge in [0, 0.05) is 0 Å². The molecule has 0 atom stereocenters. The molecule has 0 unspecified atom stereocenters. The summed E-state index contributed by atoms with van der Waals surface area (Å²) in [5, 5.41) is 11.4. The Bertz CT molecular complexity index is 316. The van der Waals surface area contributed by atoms with E-state index < -0.39 is 0 Å². The van der Waals surface area contributed by atoms with Crippen molar-refractivity contribution in [2.24, 2.45) is 5.16 Å². The van der Waals surface area contributed by atoms with Crippen molar-refractivity contribution < 1.29 is 5.21 Å². The average Bonchev–Trinajstić information content (AvgIpc) is 2.01. The van der Waals surface area contributed by atoms with Crippen LogP contribution in [0.15, 0.2) is 17.3 Å². The minimum atomic E-state index is 0.973. The predicted molar refractivity (Wildman–Crippen MR) is 50.0 cm³/mol. The smallest absolute Gasteiger partial charge is 0.0736 e. The quantitative estimate of drug-likeness (QED) is 0.385. The first kappa shape index (κ1) is 8.78. The number of nitrogens with zero attached hydrogens (tertiary/aromatic N) is 1. The average molecular weight is 163 g/mol. The van der Waals surface area contributed by atoms with Crippen LogP contribution >= 0.6 is 0 Å². The van der Waals surface area contributed by atoms with E-state index in [4.69, 9.17) is 5.21 Å². The maximum absolute atomic E-state index is 8.37. The lowest BCUT2D eigenvalue weighted by molar-refractivity contribution is 0.322. The van der Waals surface area contributed by atoms with Crippen molar-refractivity contribution in [1.82, 2.24) is 0 Å². The van der Waals surface area contributed by atoms with Gasteiger partial charge >= 0.3 is 0 Å². The lowest BCUT2D eigenvalue weighted by Gasteiger charge is -2.04. The first-order valence-electron chi connectivity index (χ1n) is 3.90. The van der Waals surface area contributed by atoms with E-state index in [1.165, 1.54) is 17.3 Å². The van der Waals surface area contributed by atoms with E-state index in [9.17, 15) is 0 Å². The highest BCUT2D eigenvalue weighted by atomic mass is 16.4. The fourth-order valence-corrected chi connectivity index (χ4v) is 1.18. The van der Waals surface area contributed by atoms with E-state index in [2.05, 4.69) is 18.1 Å². The number of hydrogen-bond acceptors (Lipinski definition) is 2. The Morgan fingerprint density at radius 3 is 2.25 bits per heavy atom. The highest BCUT2D eigenvalue weighted by Gasteiger charge is 1.98. The number of aryl methyl sites for hydroxylation is 3. The maximum Gasteiger partial charge on any atom is 0.0736 e. The topological polar surface area (TPSA) is 32.6 Å². The fourth-order valence-electron chi connectivity index (χ4n) is 1.18. The summed E-state index contributed by atoms with van der Waals surface area (Å²) in [5.41, 5.74) is 4.59. The van der Waals surface area contributed by atoms with Gasteiger partial charge in [0.1, 0.15) is 0 Å². The lowest BCUT2D eigenvalue weighted by Crippen LogP contribution is -1.91. The molecular weight excluding hydrogens is 150 g/mol. The van der Waals surface area contributed by atoms with Crippen LogP contribution in [-0.2, 0) is 0 Å². The van der Waals surface area contributed by atoms with E-state index >= 15 is 0 Å². The van der Waals surface area contributed by atoms with Crippen molar-refractivity contribution in [2.75, 3.05) is 0 Å². The Balaban J connectivity index is 3.23. The van der Waals surface area contributed by atoms with Crippen molar-refractivity contribution >= 4 is 6.21 Å². The van der Waals surface area contributed by atoms with Gasteiger partial charge in [0.2, 0.25) is 0 Å². The molecule has 0 aliphatic rings. The van der Waals surface area contributed by atoms with Crippen LogP contribution in [-0.4, -0.2) is 11.4 Å². The summed E-state index contributed by atoms with van der Waals surface area (Å²) in [6.07, 6.45) is 1.46. The summed E-state index contributed by atoms with van der Waals surface area (Å²) in [6.45, 7) is 6.12. The second-order valence-electron chi connectivity index (χ2n) is 3.04. The summed E-state index contributed by atoms with van der Waals surface area (Å²) < 4.78 is 0. The molecule has 0 aliphatic carbocycles. The van der Waals surface area contributed by atoms with Gasteiger partial charge in [0.25, 0.3) is 0 Å². The summed E-state index contributed by atoms with van der Waals surface area (Å²) in [7, 11) is 0. The van der Waals surface area contributed by atoms with Crippen LogP contribution in [0.4, 0.5) is 0 Å². The van der Waals surface area contributed by atoms with E-state index in [0.717, 1.165) is 11.1 Å². The molecule has 0 saturated carbocycles. The van der Waals surface area contributed by atoms with E-state index in [1.807, 2.05) is 19.9 Å². The number of rotatable bonds is 1. The van der Waals surface area contributed by atoms with Crippen molar-refractivity contribution in [1.29, 1.82) is 0 Å². The first-order chi connectivity index (χ1) is 5.65. The molecule has 0 aromatic heterocycles. The molecule has 1 aromatic carbocycles. The standard InChI is InChI=1S/C10H13NO/c1-7-4-9(3)10(6-11-12)5-8(7)2/h4-6,12H,1-3H3/b11-6+. The molecule has 0 radical (unpaired) electrons. The zero-order chi connectivity index (χ0) is 9.14. The Morgan fingerprint density at radius 2 is 1.67 bits per heavy atom. The molecule has 0 saturated heterocycles. The third kappa shape index (κ3) is 1.64. The van der Waals surface area contributed by atoms with Gasteiger partial charge in [-0.1, -0.05) is 11.2 Å². The first-order valence-corrected chi connectivity index (χ1v) is 3.90. The molecule has 0 aliphatic heterocycles. The van der Waals surface area contributed by atoms with E-state index in [-0.39, 0.29) is 0 Å². The predicted octanol–water partition coefficient (Wildman–Crippen LogP) is 2.42. The zero-order valence-corrected chi connectivity index (χ0v) is 7.63. The molecule has 0 spiro atoms. The van der Waals surface area contributed by atoms with Crippen LogP contribution in [0, 0.1) is 20.8 Å². The molecule has 1 N–H and O–H groups in total. The Hall–Kier alpha value is -1.31. The van der Waals surface area contributed by atoms with Gasteiger partial charge in [0.05, 0.1) is 6.21 Å². The summed E-state index contributed by atoms with van der Waals surface area (Å²) in [4.78, 5) is 0. The Kier molecular flexibility index (Phi) is 2.48. The van der Waals surface area contributed by atoms with Crippen LogP contribution in [0.1, 0.15) is 22.3 Å². The Morgan fingerprint density at radius 1 is 1.08 bits per heavy atom. The molecule has 2 heteroatoms. The van der Waals surface area contributed by atoms with Crippen LogP contribution < -0.4 is 0 Å².